The number of hydrogen-bond donors (Lipinski definition) is 0. The van der Waals surface area contributed by atoms with Crippen molar-refractivity contribution in [2.75, 3.05) is 13.3 Å². The Kier molecular flexibility index (Phi) is 4.87. The monoisotopic (exact) mass is 363 g/mol. The maximum Gasteiger partial charge on any atom is 0.272 e. The molecule has 138 valence electrons. The van der Waals surface area contributed by atoms with Crippen molar-refractivity contribution in [2.45, 2.75) is 26.3 Å². The van der Waals surface area contributed by atoms with Crippen LogP contribution < -0.4 is 9.47 Å². The maximum absolute atomic E-state index is 13.1. The van der Waals surface area contributed by atoms with E-state index >= 15 is 0 Å². The summed E-state index contributed by atoms with van der Waals surface area (Å²) in [5.74, 6) is 1.40. The van der Waals surface area contributed by atoms with Crippen molar-refractivity contribution in [3.63, 3.8) is 0 Å². The van der Waals surface area contributed by atoms with E-state index in [-0.39, 0.29) is 12.7 Å². The van der Waals surface area contributed by atoms with Crippen molar-refractivity contribution in [2.24, 2.45) is 0 Å². The molecule has 1 aromatic carbocycles. The molecule has 1 amide bonds. The summed E-state index contributed by atoms with van der Waals surface area (Å²) < 4.78 is 10.8. The third-order valence-electron chi connectivity index (χ3n) is 4.59. The lowest BCUT2D eigenvalue weighted by atomic mass is 10.1. The molecule has 0 bridgehead atoms. The number of pyridine rings is 2. The van der Waals surface area contributed by atoms with Gasteiger partial charge in [0.25, 0.3) is 5.91 Å². The zero-order valence-corrected chi connectivity index (χ0v) is 15.2. The Labute approximate surface area is 157 Å². The molecule has 6 nitrogen and oxygen atoms in total. The molecule has 6 heteroatoms. The minimum absolute atomic E-state index is 0.0696. The standard InChI is InChI=1S/C21H21N3O3/c1-2-3-10-24(13-15-4-7-19-20(11-15)27-14-26-19)21(25)18-6-5-16-12-22-9-8-17(16)23-18/h4-9,11-12H,2-3,10,13-14H2,1H3. The van der Waals surface area contributed by atoms with E-state index in [9.17, 15) is 4.79 Å². The molecular formula is C21H21N3O3. The predicted octanol–water partition coefficient (Wildman–Crippen LogP) is 3.80. The van der Waals surface area contributed by atoms with Crippen LogP contribution in [0.3, 0.4) is 0 Å². The minimum Gasteiger partial charge on any atom is -0.454 e. The number of carbonyl (C=O) groups is 1. The van der Waals surface area contributed by atoms with Gasteiger partial charge in [0.2, 0.25) is 6.79 Å². The van der Waals surface area contributed by atoms with Crippen molar-refractivity contribution in [3.8, 4) is 11.5 Å². The van der Waals surface area contributed by atoms with E-state index in [0.29, 0.717) is 18.8 Å². The first-order valence-electron chi connectivity index (χ1n) is 9.13. The van der Waals surface area contributed by atoms with Gasteiger partial charge in [0.15, 0.2) is 11.5 Å². The Morgan fingerprint density at radius 2 is 2.04 bits per heavy atom. The quantitative estimate of drug-likeness (QED) is 0.666. The maximum atomic E-state index is 13.1. The van der Waals surface area contributed by atoms with Crippen molar-refractivity contribution < 1.29 is 14.3 Å². The van der Waals surface area contributed by atoms with Gasteiger partial charge in [0, 0.05) is 30.9 Å². The Balaban J connectivity index is 1.59. The molecule has 0 unspecified atom stereocenters. The molecule has 0 radical (unpaired) electrons. The van der Waals surface area contributed by atoms with E-state index < -0.39 is 0 Å². The summed E-state index contributed by atoms with van der Waals surface area (Å²) in [5, 5.41) is 0.921. The average molecular weight is 363 g/mol. The number of hydrogen-bond acceptors (Lipinski definition) is 5. The van der Waals surface area contributed by atoms with Crippen LogP contribution in [0.5, 0.6) is 11.5 Å². The molecule has 4 rings (SSSR count). The molecule has 3 heterocycles. The summed E-state index contributed by atoms with van der Waals surface area (Å²) in [4.78, 5) is 23.6. The van der Waals surface area contributed by atoms with E-state index in [1.165, 1.54) is 0 Å². The number of unbranched alkanes of at least 4 members (excludes halogenated alkanes) is 1. The fourth-order valence-corrected chi connectivity index (χ4v) is 3.11. The molecule has 27 heavy (non-hydrogen) atoms. The number of carbonyl (C=O) groups excluding carboxylic acids is 1. The van der Waals surface area contributed by atoms with E-state index in [1.807, 2.05) is 35.2 Å². The average Bonchev–Trinajstić information content (AvgIpc) is 3.18. The molecule has 0 spiro atoms. The van der Waals surface area contributed by atoms with Crippen molar-refractivity contribution in [1.29, 1.82) is 0 Å². The third kappa shape index (κ3) is 3.69. The molecular weight excluding hydrogens is 342 g/mol. The van der Waals surface area contributed by atoms with Crippen LogP contribution in [0.1, 0.15) is 35.8 Å². The normalized spacial score (nSPS) is 12.3. The van der Waals surface area contributed by atoms with Gasteiger partial charge in [-0.3, -0.25) is 9.78 Å². The highest BCUT2D eigenvalue weighted by molar-refractivity contribution is 5.94. The second kappa shape index (κ2) is 7.61. The van der Waals surface area contributed by atoms with Gasteiger partial charge in [-0.05, 0) is 42.3 Å². The van der Waals surface area contributed by atoms with Crippen LogP contribution in [0.25, 0.3) is 10.9 Å². The second-order valence-electron chi connectivity index (χ2n) is 6.53. The van der Waals surface area contributed by atoms with Gasteiger partial charge >= 0.3 is 0 Å². The van der Waals surface area contributed by atoms with Crippen LogP contribution in [0.15, 0.2) is 48.8 Å². The van der Waals surface area contributed by atoms with Crippen LogP contribution in [-0.4, -0.2) is 34.1 Å². The highest BCUT2D eigenvalue weighted by Gasteiger charge is 2.19. The van der Waals surface area contributed by atoms with Gasteiger partial charge in [-0.25, -0.2) is 4.98 Å². The Bertz CT molecular complexity index is 974. The fourth-order valence-electron chi connectivity index (χ4n) is 3.11. The van der Waals surface area contributed by atoms with Crippen LogP contribution in [0.4, 0.5) is 0 Å². The second-order valence-corrected chi connectivity index (χ2v) is 6.53. The molecule has 1 aliphatic rings. The van der Waals surface area contributed by atoms with E-state index in [4.69, 9.17) is 9.47 Å². The first-order valence-corrected chi connectivity index (χ1v) is 9.13. The first kappa shape index (κ1) is 17.3. The summed E-state index contributed by atoms with van der Waals surface area (Å²) in [7, 11) is 0. The van der Waals surface area contributed by atoms with Gasteiger partial charge < -0.3 is 14.4 Å². The third-order valence-corrected chi connectivity index (χ3v) is 4.59. The molecule has 0 atom stereocenters. The molecule has 0 fully saturated rings. The molecule has 0 aliphatic carbocycles. The van der Waals surface area contributed by atoms with Crippen molar-refractivity contribution in [3.05, 3.63) is 60.0 Å². The van der Waals surface area contributed by atoms with Gasteiger partial charge in [-0.1, -0.05) is 19.4 Å². The van der Waals surface area contributed by atoms with Crippen LogP contribution in [0, 0.1) is 0 Å². The smallest absolute Gasteiger partial charge is 0.272 e. The number of benzene rings is 1. The van der Waals surface area contributed by atoms with Gasteiger partial charge in [0.05, 0.1) is 5.52 Å². The summed E-state index contributed by atoms with van der Waals surface area (Å²) in [6.45, 7) is 3.54. The topological polar surface area (TPSA) is 64.6 Å². The lowest BCUT2D eigenvalue weighted by molar-refractivity contribution is 0.0735. The minimum atomic E-state index is -0.0696. The molecule has 1 aliphatic heterocycles. The van der Waals surface area contributed by atoms with Gasteiger partial charge in [-0.2, -0.15) is 0 Å². The number of ether oxygens (including phenoxy) is 2. The number of rotatable bonds is 6. The first-order chi connectivity index (χ1) is 13.2. The van der Waals surface area contributed by atoms with Crippen molar-refractivity contribution in [1.82, 2.24) is 14.9 Å². The van der Waals surface area contributed by atoms with E-state index in [2.05, 4.69) is 16.9 Å². The number of fused-ring (bicyclic) bond motifs is 2. The molecule has 0 N–H and O–H groups in total. The molecule has 2 aromatic heterocycles. The number of amides is 1. The number of aromatic nitrogens is 2. The largest absolute Gasteiger partial charge is 0.454 e. The van der Waals surface area contributed by atoms with E-state index in [0.717, 1.165) is 40.8 Å². The summed E-state index contributed by atoms with van der Waals surface area (Å²) >= 11 is 0. The highest BCUT2D eigenvalue weighted by atomic mass is 16.7. The lowest BCUT2D eigenvalue weighted by Gasteiger charge is -2.22. The summed E-state index contributed by atoms with van der Waals surface area (Å²) in [6.07, 6.45) is 5.39. The van der Waals surface area contributed by atoms with Gasteiger partial charge in [0.1, 0.15) is 5.69 Å². The Hall–Kier alpha value is -3.15. The predicted molar refractivity (Wildman–Crippen MR) is 102 cm³/mol. The van der Waals surface area contributed by atoms with Crippen molar-refractivity contribution >= 4 is 16.8 Å². The van der Waals surface area contributed by atoms with Crippen LogP contribution in [0.2, 0.25) is 0 Å². The highest BCUT2D eigenvalue weighted by Crippen LogP contribution is 2.33. The fraction of sp³-hybridized carbons (Fsp3) is 0.286. The lowest BCUT2D eigenvalue weighted by Crippen LogP contribution is -2.32. The van der Waals surface area contributed by atoms with E-state index in [1.54, 1.807) is 18.5 Å². The summed E-state index contributed by atoms with van der Waals surface area (Å²) in [6, 6.07) is 11.3. The SMILES string of the molecule is CCCCN(Cc1ccc2c(c1)OCO2)C(=O)c1ccc2cnccc2n1. The Morgan fingerprint density at radius 3 is 2.93 bits per heavy atom. The molecule has 0 saturated carbocycles. The Morgan fingerprint density at radius 1 is 1.15 bits per heavy atom. The summed E-state index contributed by atoms with van der Waals surface area (Å²) in [5.41, 5.74) is 2.23. The van der Waals surface area contributed by atoms with Crippen LogP contribution >= 0.6 is 0 Å². The molecule has 0 saturated heterocycles. The zero-order valence-electron chi connectivity index (χ0n) is 15.2. The number of nitrogens with zero attached hydrogens (tertiary/aromatic N) is 3. The molecule has 3 aromatic rings. The van der Waals surface area contributed by atoms with Gasteiger partial charge in [-0.15, -0.1) is 0 Å². The zero-order chi connectivity index (χ0) is 18.6. The van der Waals surface area contributed by atoms with Crippen LogP contribution in [-0.2, 0) is 6.54 Å².